The van der Waals surface area contributed by atoms with E-state index in [9.17, 15) is 43.8 Å². The Bertz CT molecular complexity index is 1370. The molecule has 12 nitrogen and oxygen atoms in total. The van der Waals surface area contributed by atoms with Gasteiger partial charge < -0.3 is 0 Å². The fourth-order valence-electron chi connectivity index (χ4n) is 4.40. The number of nitrogens with zero attached hydrogens (tertiary/aromatic N) is 2. The quantitative estimate of drug-likeness (QED) is 0.116. The molecule has 36 heavy (non-hydrogen) atoms. The standard InChI is InChI=1S/C14H22F6N2O10S2Si2/c1-12(2)9-21(7-35(3,4,27-9)31-33(24,25)13(15,16)17)11(23)22-8-36(5,6,28-10(12)22)32-34(26,29-30-34)14(18,19)20/h7-8H2,1-6H3. The first-order chi connectivity index (χ1) is 15.5. The van der Waals surface area contributed by atoms with Crippen LogP contribution in [0.5, 0.6) is 0 Å². The van der Waals surface area contributed by atoms with Crippen molar-refractivity contribution < 1.29 is 78.2 Å². The molecular formula is C14H22F6N2O10S2Si2. The molecule has 1 saturated heterocycles. The van der Waals surface area contributed by atoms with Crippen LogP contribution in [-0.2, 0) is 45.3 Å². The SMILES string of the molecule is CC1(C)C2=[N+](C[Si-](C)(C)(OS(=O)(=O)C(F)(F)F)O2)C(=O)[N+]2=C1O[Si-](C)(C)(OS1(=O)(C(F)(F)F)OO1)C2. The second-order valence-electron chi connectivity index (χ2n) is 11.1. The van der Waals surface area contributed by atoms with Crippen molar-refractivity contribution in [2.45, 2.75) is 51.1 Å². The summed E-state index contributed by atoms with van der Waals surface area (Å²) in [5, 5.41) is 0. The minimum absolute atomic E-state index is 0.315. The van der Waals surface area contributed by atoms with Crippen LogP contribution < -0.4 is 0 Å². The van der Waals surface area contributed by atoms with Gasteiger partial charge in [-0.1, -0.05) is 0 Å². The molecule has 0 aromatic heterocycles. The number of hydrogen-bond acceptors (Lipinski definition) is 10. The van der Waals surface area contributed by atoms with E-state index in [4.69, 9.17) is 12.7 Å². The van der Waals surface area contributed by atoms with E-state index in [1.165, 1.54) is 13.8 Å². The third kappa shape index (κ3) is 3.71. The number of urea groups is 1. The zero-order valence-corrected chi connectivity index (χ0v) is 23.1. The number of carbonyl (C=O) groups is 1. The Labute approximate surface area is 200 Å². The molecule has 4 rings (SSSR count). The van der Waals surface area contributed by atoms with E-state index in [2.05, 4.69) is 12.5 Å². The number of rotatable bonds is 4. The molecule has 0 saturated carbocycles. The molecular weight excluding hydrogens is 590 g/mol. The molecule has 4 aliphatic rings. The zero-order chi connectivity index (χ0) is 27.9. The van der Waals surface area contributed by atoms with E-state index in [-0.39, 0.29) is 11.8 Å². The zero-order valence-electron chi connectivity index (χ0n) is 19.5. The third-order valence-electron chi connectivity index (χ3n) is 5.74. The molecule has 1 fully saturated rings. The maximum absolute atomic E-state index is 13.5. The van der Waals surface area contributed by atoms with Gasteiger partial charge in [-0.3, -0.25) is 0 Å². The van der Waals surface area contributed by atoms with Crippen molar-refractivity contribution in [1.82, 2.24) is 0 Å². The Balaban J connectivity index is 1.69. The number of alkyl halides is 6. The summed E-state index contributed by atoms with van der Waals surface area (Å²) >= 11 is 0. The number of hydrogen-bond donors (Lipinski definition) is 0. The minimum atomic E-state index is -6.50. The monoisotopic (exact) mass is 612 g/mol. The van der Waals surface area contributed by atoms with Crippen LogP contribution in [0.1, 0.15) is 13.8 Å². The van der Waals surface area contributed by atoms with Gasteiger partial charge in [0.25, 0.3) is 0 Å². The molecule has 210 valence electrons. The molecule has 0 unspecified atom stereocenters. The Morgan fingerprint density at radius 3 is 1.72 bits per heavy atom. The van der Waals surface area contributed by atoms with Crippen molar-refractivity contribution in [2.75, 3.05) is 12.3 Å². The van der Waals surface area contributed by atoms with Crippen molar-refractivity contribution >= 4 is 53.5 Å². The van der Waals surface area contributed by atoms with Gasteiger partial charge in [0, 0.05) is 0 Å². The van der Waals surface area contributed by atoms with Crippen LogP contribution >= 0.6 is 0 Å². The fourth-order valence-corrected chi connectivity index (χ4v) is 17.2. The van der Waals surface area contributed by atoms with Crippen molar-refractivity contribution in [3.63, 3.8) is 0 Å². The third-order valence-corrected chi connectivity index (χ3v) is 17.8. The molecule has 0 aromatic carbocycles. The molecule has 0 aliphatic carbocycles. The van der Waals surface area contributed by atoms with E-state index < -0.39 is 70.5 Å². The van der Waals surface area contributed by atoms with Crippen molar-refractivity contribution in [3.05, 3.63) is 0 Å². The first-order valence-corrected chi connectivity index (χ1v) is 20.2. The van der Waals surface area contributed by atoms with Crippen LogP contribution in [0, 0.1) is 5.41 Å². The molecule has 2 amide bonds. The van der Waals surface area contributed by atoms with Gasteiger partial charge in [0.05, 0.1) is 0 Å². The number of amides is 2. The Morgan fingerprint density at radius 2 is 1.33 bits per heavy atom. The molecule has 0 atom stereocenters. The van der Waals surface area contributed by atoms with Gasteiger partial charge in [0.2, 0.25) is 0 Å². The first kappa shape index (κ1) is 27.6. The van der Waals surface area contributed by atoms with Crippen LogP contribution in [0.4, 0.5) is 31.1 Å². The molecule has 0 aromatic rings. The number of halogens is 6. The Kier molecular flexibility index (Phi) is 4.78. The van der Waals surface area contributed by atoms with Gasteiger partial charge in [-0.05, 0) is 0 Å². The topological polar surface area (TPSA) is 136 Å². The average molecular weight is 613 g/mol. The van der Waals surface area contributed by atoms with E-state index in [1.54, 1.807) is 0 Å². The molecule has 0 radical (unpaired) electrons. The van der Waals surface area contributed by atoms with Gasteiger partial charge in [-0.25, -0.2) is 0 Å². The Hall–Kier alpha value is -1.44. The molecule has 0 bridgehead atoms. The van der Waals surface area contributed by atoms with Gasteiger partial charge in [0.1, 0.15) is 0 Å². The predicted molar refractivity (Wildman–Crippen MR) is 110 cm³/mol. The fraction of sp³-hybridized carbons (Fsp3) is 0.786. The van der Waals surface area contributed by atoms with Gasteiger partial charge in [-0.2, -0.15) is 0 Å². The van der Waals surface area contributed by atoms with Crippen LogP contribution in [0.2, 0.25) is 26.2 Å². The number of carbonyl (C=O) groups excluding carboxylic acids is 1. The summed E-state index contributed by atoms with van der Waals surface area (Å²) in [5.74, 6) is -0.653. The van der Waals surface area contributed by atoms with Crippen molar-refractivity contribution in [1.29, 1.82) is 0 Å². The summed E-state index contributed by atoms with van der Waals surface area (Å²) in [4.78, 5) is 13.3. The first-order valence-electron chi connectivity index (χ1n) is 10.0. The van der Waals surface area contributed by atoms with Gasteiger partial charge >= 0.3 is 201 Å². The summed E-state index contributed by atoms with van der Waals surface area (Å²) in [5.41, 5.74) is -12.9. The van der Waals surface area contributed by atoms with Crippen LogP contribution in [0.25, 0.3) is 0 Å². The second kappa shape index (κ2) is 6.23. The second-order valence-corrected chi connectivity index (χ2v) is 26.6. The summed E-state index contributed by atoms with van der Waals surface area (Å²) in [6, 6.07) is -1.02. The van der Waals surface area contributed by atoms with Crippen LogP contribution in [-0.4, -0.2) is 78.6 Å². The van der Waals surface area contributed by atoms with Crippen LogP contribution in [0.15, 0.2) is 0 Å². The van der Waals surface area contributed by atoms with Crippen molar-refractivity contribution in [2.24, 2.45) is 5.41 Å². The summed E-state index contributed by atoms with van der Waals surface area (Å²) < 4.78 is 146. The van der Waals surface area contributed by atoms with Crippen LogP contribution in [0.3, 0.4) is 0 Å². The van der Waals surface area contributed by atoms with Gasteiger partial charge in [0.15, 0.2) is 0 Å². The van der Waals surface area contributed by atoms with Crippen molar-refractivity contribution in [3.8, 4) is 0 Å². The molecule has 0 N–H and O–H groups in total. The van der Waals surface area contributed by atoms with E-state index in [0.717, 1.165) is 35.3 Å². The predicted octanol–water partition coefficient (Wildman–Crippen LogP) is 2.35. The normalized spacial score (nSPS) is 33.8. The molecule has 22 heteroatoms. The van der Waals surface area contributed by atoms with E-state index in [1.807, 2.05) is 0 Å². The summed E-state index contributed by atoms with van der Waals surface area (Å²) in [6.07, 6.45) is -1.37. The average Bonchev–Trinajstić information content (AvgIpc) is 3.07. The maximum atomic E-state index is 13.5. The molecule has 4 aliphatic heterocycles. The Morgan fingerprint density at radius 1 is 0.917 bits per heavy atom. The summed E-state index contributed by atoms with van der Waals surface area (Å²) in [6.45, 7) is 6.99. The molecule has 4 heterocycles. The van der Waals surface area contributed by atoms with E-state index >= 15 is 0 Å². The van der Waals surface area contributed by atoms with E-state index in [0.29, 0.717) is 0 Å². The summed E-state index contributed by atoms with van der Waals surface area (Å²) in [7, 11) is -22.7. The molecule has 0 spiro atoms. The van der Waals surface area contributed by atoms with Gasteiger partial charge in [-0.15, -0.1) is 0 Å².